The number of aliphatic carboxylic acids is 1. The van der Waals surface area contributed by atoms with Crippen LogP contribution in [-0.4, -0.2) is 35.0 Å². The number of nitrogens with zero attached hydrogens (tertiary/aromatic N) is 1. The Morgan fingerprint density at radius 1 is 1.42 bits per heavy atom. The summed E-state index contributed by atoms with van der Waals surface area (Å²) >= 11 is 9.22. The number of carboxylic acids is 1. The Hall–Kier alpha value is -1.07. The van der Waals surface area contributed by atoms with Gasteiger partial charge in [-0.05, 0) is 30.5 Å². The Kier molecular flexibility index (Phi) is 4.47. The molecule has 1 aromatic rings. The fourth-order valence-corrected chi connectivity index (χ4v) is 3.15. The molecule has 4 nitrogen and oxygen atoms in total. The standard InChI is InChI=1S/C13H13BrClNO3/c14-10-4-9(5-11(15)6-10)13(19)16-2-1-8(7-16)3-12(17)18/h4-6,8H,1-3,7H2,(H,17,18). The minimum Gasteiger partial charge on any atom is -0.481 e. The lowest BCUT2D eigenvalue weighted by molar-refractivity contribution is -0.138. The number of amides is 1. The average Bonchev–Trinajstić information content (AvgIpc) is 2.74. The topological polar surface area (TPSA) is 57.6 Å². The van der Waals surface area contributed by atoms with Crippen molar-refractivity contribution < 1.29 is 14.7 Å². The van der Waals surface area contributed by atoms with Crippen LogP contribution in [-0.2, 0) is 4.79 Å². The number of benzene rings is 1. The number of rotatable bonds is 3. The summed E-state index contributed by atoms with van der Waals surface area (Å²) in [6.45, 7) is 1.09. The van der Waals surface area contributed by atoms with E-state index in [2.05, 4.69) is 15.9 Å². The van der Waals surface area contributed by atoms with E-state index in [0.717, 1.165) is 10.9 Å². The fourth-order valence-electron chi connectivity index (χ4n) is 2.29. The van der Waals surface area contributed by atoms with Crippen molar-refractivity contribution in [2.45, 2.75) is 12.8 Å². The van der Waals surface area contributed by atoms with Crippen LogP contribution in [0.2, 0.25) is 5.02 Å². The Bertz CT molecular complexity index is 500. The van der Waals surface area contributed by atoms with Gasteiger partial charge in [0.05, 0.1) is 0 Å². The lowest BCUT2D eigenvalue weighted by Crippen LogP contribution is -2.29. The number of halogens is 2. The van der Waals surface area contributed by atoms with Gasteiger partial charge in [0.2, 0.25) is 0 Å². The van der Waals surface area contributed by atoms with Crippen molar-refractivity contribution >= 4 is 39.4 Å². The predicted octanol–water partition coefficient (Wildman–Crippen LogP) is 3.04. The molecule has 1 heterocycles. The Morgan fingerprint density at radius 3 is 2.79 bits per heavy atom. The van der Waals surface area contributed by atoms with Crippen molar-refractivity contribution in [1.82, 2.24) is 4.90 Å². The smallest absolute Gasteiger partial charge is 0.303 e. The van der Waals surface area contributed by atoms with E-state index in [1.807, 2.05) is 0 Å². The highest BCUT2D eigenvalue weighted by atomic mass is 79.9. The maximum atomic E-state index is 12.3. The maximum Gasteiger partial charge on any atom is 0.303 e. The molecule has 102 valence electrons. The van der Waals surface area contributed by atoms with Crippen LogP contribution in [0.5, 0.6) is 0 Å². The summed E-state index contributed by atoms with van der Waals surface area (Å²) in [4.78, 5) is 24.6. The van der Waals surface area contributed by atoms with Crippen molar-refractivity contribution in [3.05, 3.63) is 33.3 Å². The van der Waals surface area contributed by atoms with Gasteiger partial charge in [0, 0.05) is 34.6 Å². The molecular formula is C13H13BrClNO3. The zero-order valence-electron chi connectivity index (χ0n) is 10.1. The Labute approximate surface area is 124 Å². The van der Waals surface area contributed by atoms with E-state index < -0.39 is 5.97 Å². The molecule has 1 N–H and O–H groups in total. The molecule has 0 aliphatic carbocycles. The summed E-state index contributed by atoms with van der Waals surface area (Å²) in [5.74, 6) is -0.870. The van der Waals surface area contributed by atoms with E-state index in [9.17, 15) is 9.59 Å². The van der Waals surface area contributed by atoms with Crippen LogP contribution in [0.3, 0.4) is 0 Å². The third-order valence-electron chi connectivity index (χ3n) is 3.15. The molecule has 1 fully saturated rings. The Morgan fingerprint density at radius 2 is 2.16 bits per heavy atom. The minimum atomic E-state index is -0.815. The molecule has 6 heteroatoms. The lowest BCUT2D eigenvalue weighted by atomic mass is 10.1. The molecule has 1 atom stereocenters. The van der Waals surface area contributed by atoms with Gasteiger partial charge in [-0.15, -0.1) is 0 Å². The third kappa shape index (κ3) is 3.70. The van der Waals surface area contributed by atoms with Gasteiger partial charge in [-0.3, -0.25) is 9.59 Å². The first kappa shape index (κ1) is 14.3. The second kappa shape index (κ2) is 5.92. The van der Waals surface area contributed by atoms with Gasteiger partial charge in [-0.1, -0.05) is 27.5 Å². The molecular weight excluding hydrogens is 334 g/mol. The first-order chi connectivity index (χ1) is 8.95. The minimum absolute atomic E-state index is 0.0454. The summed E-state index contributed by atoms with van der Waals surface area (Å²) in [7, 11) is 0. The molecule has 0 bridgehead atoms. The first-order valence-electron chi connectivity index (χ1n) is 5.93. The second-order valence-corrected chi connectivity index (χ2v) is 6.01. The van der Waals surface area contributed by atoms with Gasteiger partial charge in [-0.25, -0.2) is 0 Å². The van der Waals surface area contributed by atoms with E-state index in [1.54, 1.807) is 23.1 Å². The Balaban J connectivity index is 2.06. The van der Waals surface area contributed by atoms with Gasteiger partial charge in [-0.2, -0.15) is 0 Å². The van der Waals surface area contributed by atoms with Gasteiger partial charge in [0.15, 0.2) is 0 Å². The van der Waals surface area contributed by atoms with Gasteiger partial charge in [0.1, 0.15) is 0 Å². The number of hydrogen-bond acceptors (Lipinski definition) is 2. The van der Waals surface area contributed by atoms with E-state index in [-0.39, 0.29) is 18.2 Å². The highest BCUT2D eigenvalue weighted by Crippen LogP contribution is 2.24. The van der Waals surface area contributed by atoms with Crippen molar-refractivity contribution in [3.8, 4) is 0 Å². The summed E-state index contributed by atoms with van der Waals surface area (Å²) in [5.41, 5.74) is 0.523. The summed E-state index contributed by atoms with van der Waals surface area (Å²) < 4.78 is 0.754. The SMILES string of the molecule is O=C(O)CC1CCN(C(=O)c2cc(Cl)cc(Br)c2)C1. The molecule has 19 heavy (non-hydrogen) atoms. The zero-order chi connectivity index (χ0) is 14.0. The molecule has 0 radical (unpaired) electrons. The quantitative estimate of drug-likeness (QED) is 0.915. The molecule has 1 saturated heterocycles. The van der Waals surface area contributed by atoms with Crippen LogP contribution in [0.25, 0.3) is 0 Å². The number of carboxylic acid groups (broad SMARTS) is 1. The third-order valence-corrected chi connectivity index (χ3v) is 3.82. The molecule has 1 aliphatic rings. The van der Waals surface area contributed by atoms with Crippen molar-refractivity contribution in [3.63, 3.8) is 0 Å². The van der Waals surface area contributed by atoms with Gasteiger partial charge < -0.3 is 10.0 Å². The van der Waals surface area contributed by atoms with Crippen LogP contribution >= 0.6 is 27.5 Å². The molecule has 0 aromatic heterocycles. The van der Waals surface area contributed by atoms with Crippen molar-refractivity contribution in [2.75, 3.05) is 13.1 Å². The molecule has 0 spiro atoms. The maximum absolute atomic E-state index is 12.3. The number of carbonyl (C=O) groups is 2. The molecule has 1 amide bonds. The normalized spacial score (nSPS) is 18.6. The molecule has 1 unspecified atom stereocenters. The van der Waals surface area contributed by atoms with E-state index in [0.29, 0.717) is 23.7 Å². The van der Waals surface area contributed by atoms with Crippen LogP contribution in [0.15, 0.2) is 22.7 Å². The number of likely N-dealkylation sites (tertiary alicyclic amines) is 1. The molecule has 1 aromatic carbocycles. The van der Waals surface area contributed by atoms with Crippen LogP contribution < -0.4 is 0 Å². The van der Waals surface area contributed by atoms with Crippen molar-refractivity contribution in [2.24, 2.45) is 5.92 Å². The lowest BCUT2D eigenvalue weighted by Gasteiger charge is -2.16. The highest BCUT2D eigenvalue weighted by Gasteiger charge is 2.28. The largest absolute Gasteiger partial charge is 0.481 e. The van der Waals surface area contributed by atoms with E-state index >= 15 is 0 Å². The summed E-state index contributed by atoms with van der Waals surface area (Å²) in [6, 6.07) is 5.06. The van der Waals surface area contributed by atoms with Crippen molar-refractivity contribution in [1.29, 1.82) is 0 Å². The van der Waals surface area contributed by atoms with Gasteiger partial charge in [0.25, 0.3) is 5.91 Å². The monoisotopic (exact) mass is 345 g/mol. The summed E-state index contributed by atoms with van der Waals surface area (Å²) in [5, 5.41) is 9.26. The summed E-state index contributed by atoms with van der Waals surface area (Å²) in [6.07, 6.45) is 0.850. The molecule has 1 aliphatic heterocycles. The molecule has 2 rings (SSSR count). The van der Waals surface area contributed by atoms with Crippen LogP contribution in [0.1, 0.15) is 23.2 Å². The predicted molar refractivity (Wildman–Crippen MR) is 75.4 cm³/mol. The van der Waals surface area contributed by atoms with Crippen LogP contribution in [0, 0.1) is 5.92 Å². The average molecular weight is 347 g/mol. The van der Waals surface area contributed by atoms with Gasteiger partial charge >= 0.3 is 5.97 Å². The number of hydrogen-bond donors (Lipinski definition) is 1. The van der Waals surface area contributed by atoms with E-state index in [4.69, 9.17) is 16.7 Å². The fraction of sp³-hybridized carbons (Fsp3) is 0.385. The molecule has 0 saturated carbocycles. The second-order valence-electron chi connectivity index (χ2n) is 4.66. The number of carbonyl (C=O) groups excluding carboxylic acids is 1. The first-order valence-corrected chi connectivity index (χ1v) is 7.10. The van der Waals surface area contributed by atoms with E-state index in [1.165, 1.54) is 0 Å². The zero-order valence-corrected chi connectivity index (χ0v) is 12.4. The van der Waals surface area contributed by atoms with Crippen LogP contribution in [0.4, 0.5) is 0 Å². The highest BCUT2D eigenvalue weighted by molar-refractivity contribution is 9.10.